The Morgan fingerprint density at radius 2 is 2.11 bits per heavy atom. The average molecular weight is 325 g/mol. The number of aromatic nitrogens is 1. The molecule has 0 aliphatic heterocycles. The smallest absolute Gasteiger partial charge is 0.337 e. The van der Waals surface area contributed by atoms with Gasteiger partial charge in [0, 0.05) is 11.1 Å². The maximum atomic E-state index is 11.0. The number of pyridine rings is 1. The van der Waals surface area contributed by atoms with Crippen molar-refractivity contribution in [2.75, 3.05) is 5.73 Å². The van der Waals surface area contributed by atoms with E-state index in [4.69, 9.17) is 10.8 Å². The van der Waals surface area contributed by atoms with Gasteiger partial charge in [0.25, 0.3) is 0 Å². The standard InChI is InChI=1S/C12H9BrN2O2S/c13-8-4-2-6-15-11(8)18-9-5-1-3-7(10(9)14)12(16)17/h1-6H,14H2,(H,16,17). The Bertz CT molecular complexity index is 604. The highest BCUT2D eigenvalue weighted by molar-refractivity contribution is 9.10. The zero-order valence-corrected chi connectivity index (χ0v) is 11.5. The van der Waals surface area contributed by atoms with E-state index in [0.29, 0.717) is 4.90 Å². The van der Waals surface area contributed by atoms with Gasteiger partial charge in [-0.3, -0.25) is 0 Å². The molecule has 0 saturated carbocycles. The summed E-state index contributed by atoms with van der Waals surface area (Å²) in [6, 6.07) is 8.60. The van der Waals surface area contributed by atoms with E-state index in [1.807, 2.05) is 12.1 Å². The highest BCUT2D eigenvalue weighted by Crippen LogP contribution is 2.35. The van der Waals surface area contributed by atoms with Crippen molar-refractivity contribution in [2.24, 2.45) is 0 Å². The Morgan fingerprint density at radius 3 is 2.78 bits per heavy atom. The van der Waals surface area contributed by atoms with Crippen molar-refractivity contribution in [2.45, 2.75) is 9.92 Å². The molecule has 0 atom stereocenters. The van der Waals surface area contributed by atoms with Crippen LogP contribution < -0.4 is 5.73 Å². The van der Waals surface area contributed by atoms with Crippen molar-refractivity contribution in [3.05, 3.63) is 46.6 Å². The number of carboxylic acid groups (broad SMARTS) is 1. The highest BCUT2D eigenvalue weighted by Gasteiger charge is 2.13. The monoisotopic (exact) mass is 324 g/mol. The van der Waals surface area contributed by atoms with Crippen LogP contribution in [-0.4, -0.2) is 16.1 Å². The molecule has 1 heterocycles. The number of nitrogens with two attached hydrogens (primary N) is 1. The summed E-state index contributed by atoms with van der Waals surface area (Å²) in [6.45, 7) is 0. The molecule has 0 aliphatic rings. The van der Waals surface area contributed by atoms with Crippen molar-refractivity contribution in [1.82, 2.24) is 4.98 Å². The SMILES string of the molecule is Nc1c(Sc2ncccc2Br)cccc1C(=O)O. The van der Waals surface area contributed by atoms with Gasteiger partial charge in [-0.25, -0.2) is 9.78 Å². The van der Waals surface area contributed by atoms with E-state index in [1.165, 1.54) is 17.8 Å². The van der Waals surface area contributed by atoms with Crippen LogP contribution in [0.4, 0.5) is 5.69 Å². The third-order valence-corrected chi connectivity index (χ3v) is 4.22. The number of benzene rings is 1. The molecule has 0 radical (unpaired) electrons. The van der Waals surface area contributed by atoms with Crippen LogP contribution in [-0.2, 0) is 0 Å². The van der Waals surface area contributed by atoms with Crippen molar-refractivity contribution in [1.29, 1.82) is 0 Å². The van der Waals surface area contributed by atoms with Crippen LogP contribution in [0.3, 0.4) is 0 Å². The summed E-state index contributed by atoms with van der Waals surface area (Å²) in [5.74, 6) is -1.03. The van der Waals surface area contributed by atoms with E-state index >= 15 is 0 Å². The molecule has 0 aliphatic carbocycles. The van der Waals surface area contributed by atoms with Crippen LogP contribution in [0.1, 0.15) is 10.4 Å². The Kier molecular flexibility index (Phi) is 3.88. The van der Waals surface area contributed by atoms with E-state index in [2.05, 4.69) is 20.9 Å². The summed E-state index contributed by atoms with van der Waals surface area (Å²) in [7, 11) is 0. The molecule has 0 saturated heterocycles. The first-order valence-corrected chi connectivity index (χ1v) is 6.60. The minimum atomic E-state index is -1.03. The van der Waals surface area contributed by atoms with Gasteiger partial charge in [-0.05, 0) is 40.2 Å². The first kappa shape index (κ1) is 12.9. The van der Waals surface area contributed by atoms with Crippen LogP contribution in [0.15, 0.2) is 50.9 Å². The minimum Gasteiger partial charge on any atom is -0.478 e. The van der Waals surface area contributed by atoms with Crippen LogP contribution in [0.5, 0.6) is 0 Å². The number of halogens is 1. The van der Waals surface area contributed by atoms with Gasteiger partial charge >= 0.3 is 5.97 Å². The second-order valence-corrected chi connectivity index (χ2v) is 5.30. The molecule has 3 N–H and O–H groups in total. The number of hydrogen-bond donors (Lipinski definition) is 2. The van der Waals surface area contributed by atoms with Gasteiger partial charge in [-0.1, -0.05) is 17.8 Å². The van der Waals surface area contributed by atoms with Gasteiger partial charge in [0.1, 0.15) is 5.03 Å². The Balaban J connectivity index is 2.39. The fourth-order valence-corrected chi connectivity index (χ4v) is 2.72. The first-order chi connectivity index (χ1) is 8.59. The molecule has 1 aromatic carbocycles. The van der Waals surface area contributed by atoms with Crippen LogP contribution in [0.2, 0.25) is 0 Å². The molecule has 0 unspecified atom stereocenters. The van der Waals surface area contributed by atoms with E-state index in [0.717, 1.165) is 9.50 Å². The molecule has 0 spiro atoms. The first-order valence-electron chi connectivity index (χ1n) is 4.99. The van der Waals surface area contributed by atoms with E-state index < -0.39 is 5.97 Å². The molecular weight excluding hydrogens is 316 g/mol. The predicted molar refractivity (Wildman–Crippen MR) is 73.9 cm³/mol. The molecule has 92 valence electrons. The van der Waals surface area contributed by atoms with Crippen molar-refractivity contribution < 1.29 is 9.90 Å². The number of carbonyl (C=O) groups is 1. The van der Waals surface area contributed by atoms with Gasteiger partial charge in [0.2, 0.25) is 0 Å². The third kappa shape index (κ3) is 2.65. The number of aromatic carboxylic acids is 1. The number of carboxylic acids is 1. The van der Waals surface area contributed by atoms with E-state index in [1.54, 1.807) is 18.3 Å². The fraction of sp³-hybridized carbons (Fsp3) is 0. The number of nitrogen functional groups attached to an aromatic ring is 1. The van der Waals surface area contributed by atoms with Crippen molar-refractivity contribution >= 4 is 39.3 Å². The molecular formula is C12H9BrN2O2S. The van der Waals surface area contributed by atoms with Crippen LogP contribution >= 0.6 is 27.7 Å². The van der Waals surface area contributed by atoms with E-state index in [9.17, 15) is 4.79 Å². The summed E-state index contributed by atoms with van der Waals surface area (Å²) in [5, 5.41) is 9.74. The zero-order chi connectivity index (χ0) is 13.1. The summed E-state index contributed by atoms with van der Waals surface area (Å²) in [5.41, 5.74) is 6.20. The van der Waals surface area contributed by atoms with Gasteiger partial charge in [-0.2, -0.15) is 0 Å². The normalized spacial score (nSPS) is 10.3. The lowest BCUT2D eigenvalue weighted by Gasteiger charge is -2.08. The Hall–Kier alpha value is -1.53. The molecule has 2 rings (SSSR count). The second-order valence-electron chi connectivity index (χ2n) is 3.41. The fourth-order valence-electron chi connectivity index (χ4n) is 1.37. The Morgan fingerprint density at radius 1 is 1.33 bits per heavy atom. The number of anilines is 1. The van der Waals surface area contributed by atoms with Gasteiger partial charge in [0.05, 0.1) is 15.7 Å². The largest absolute Gasteiger partial charge is 0.478 e. The number of para-hydroxylation sites is 1. The molecule has 6 heteroatoms. The number of rotatable bonds is 3. The molecule has 0 bridgehead atoms. The maximum absolute atomic E-state index is 11.0. The average Bonchev–Trinajstić information content (AvgIpc) is 2.34. The lowest BCUT2D eigenvalue weighted by atomic mass is 10.2. The zero-order valence-electron chi connectivity index (χ0n) is 9.13. The van der Waals surface area contributed by atoms with Gasteiger partial charge < -0.3 is 10.8 Å². The second kappa shape index (κ2) is 5.41. The maximum Gasteiger partial charge on any atom is 0.337 e. The number of nitrogens with zero attached hydrogens (tertiary/aromatic N) is 1. The topological polar surface area (TPSA) is 76.2 Å². The molecule has 4 nitrogen and oxygen atoms in total. The van der Waals surface area contributed by atoms with Crippen LogP contribution in [0, 0.1) is 0 Å². The minimum absolute atomic E-state index is 0.104. The highest BCUT2D eigenvalue weighted by atomic mass is 79.9. The lowest BCUT2D eigenvalue weighted by Crippen LogP contribution is -2.03. The quantitative estimate of drug-likeness (QED) is 0.847. The Labute approximate surface area is 116 Å². The summed E-state index contributed by atoms with van der Waals surface area (Å²) < 4.78 is 0.843. The van der Waals surface area contributed by atoms with Gasteiger partial charge in [0.15, 0.2) is 0 Å². The van der Waals surface area contributed by atoms with E-state index in [-0.39, 0.29) is 11.3 Å². The lowest BCUT2D eigenvalue weighted by molar-refractivity contribution is 0.0698. The van der Waals surface area contributed by atoms with Crippen molar-refractivity contribution in [3.63, 3.8) is 0 Å². The summed E-state index contributed by atoms with van der Waals surface area (Å²) >= 11 is 4.71. The summed E-state index contributed by atoms with van der Waals surface area (Å²) in [6.07, 6.45) is 1.67. The predicted octanol–water partition coefficient (Wildman–Crippen LogP) is 3.28. The van der Waals surface area contributed by atoms with Crippen LogP contribution in [0.25, 0.3) is 0 Å². The number of hydrogen-bond acceptors (Lipinski definition) is 4. The molecule has 18 heavy (non-hydrogen) atoms. The molecule has 2 aromatic rings. The van der Waals surface area contributed by atoms with Gasteiger partial charge in [-0.15, -0.1) is 0 Å². The summed E-state index contributed by atoms with van der Waals surface area (Å²) in [4.78, 5) is 15.9. The third-order valence-electron chi connectivity index (χ3n) is 2.23. The molecule has 0 amide bonds. The molecule has 1 aromatic heterocycles. The molecule has 0 fully saturated rings. The van der Waals surface area contributed by atoms with Crippen molar-refractivity contribution in [3.8, 4) is 0 Å².